The van der Waals surface area contributed by atoms with E-state index in [1.165, 1.54) is 0 Å². The minimum absolute atomic E-state index is 0.0225. The zero-order valence-electron chi connectivity index (χ0n) is 9.22. The Morgan fingerprint density at radius 2 is 2.00 bits per heavy atom. The van der Waals surface area contributed by atoms with Gasteiger partial charge in [0.1, 0.15) is 0 Å². The van der Waals surface area contributed by atoms with Crippen molar-refractivity contribution in [2.24, 2.45) is 0 Å². The van der Waals surface area contributed by atoms with E-state index < -0.39 is 0 Å². The molecule has 18 heavy (non-hydrogen) atoms. The average molecular weight is 369 g/mol. The Hall–Kier alpha value is -1.26. The molecule has 0 unspecified atom stereocenters. The number of amides is 2. The Bertz CT molecular complexity index is 572. The standard InChI is InChI=1S/C13H8INO2S/c1-2-7-15-12(16)11(18-13(15)17)8-9-3-5-10(14)6-4-9/h1,3-6,8H,7H2. The molecule has 0 radical (unpaired) electrons. The lowest BCUT2D eigenvalue weighted by atomic mass is 10.2. The van der Waals surface area contributed by atoms with Gasteiger partial charge in [-0.2, -0.15) is 0 Å². The monoisotopic (exact) mass is 369 g/mol. The predicted molar refractivity (Wildman–Crippen MR) is 80.7 cm³/mol. The number of carbonyl (C=O) groups is 2. The molecule has 1 aromatic carbocycles. The number of nitrogens with zero attached hydrogens (tertiary/aromatic N) is 1. The molecule has 90 valence electrons. The van der Waals surface area contributed by atoms with Crippen molar-refractivity contribution < 1.29 is 9.59 Å². The van der Waals surface area contributed by atoms with E-state index in [1.807, 2.05) is 24.3 Å². The summed E-state index contributed by atoms with van der Waals surface area (Å²) in [6.07, 6.45) is 6.83. The Kier molecular flexibility index (Phi) is 4.09. The highest BCUT2D eigenvalue weighted by atomic mass is 127. The molecule has 0 saturated carbocycles. The summed E-state index contributed by atoms with van der Waals surface area (Å²) in [5.41, 5.74) is 0.890. The van der Waals surface area contributed by atoms with Crippen molar-refractivity contribution in [1.29, 1.82) is 0 Å². The summed E-state index contributed by atoms with van der Waals surface area (Å²) in [5.74, 6) is 1.99. The van der Waals surface area contributed by atoms with Crippen molar-refractivity contribution in [2.45, 2.75) is 0 Å². The topological polar surface area (TPSA) is 37.4 Å². The van der Waals surface area contributed by atoms with E-state index in [9.17, 15) is 9.59 Å². The van der Waals surface area contributed by atoms with Crippen LogP contribution in [0.3, 0.4) is 0 Å². The van der Waals surface area contributed by atoms with Crippen molar-refractivity contribution in [3.63, 3.8) is 0 Å². The minimum Gasteiger partial charge on any atom is -0.268 e. The molecule has 2 rings (SSSR count). The first kappa shape index (κ1) is 13.2. The molecule has 1 fully saturated rings. The van der Waals surface area contributed by atoms with E-state index in [0.29, 0.717) is 4.91 Å². The fraction of sp³-hybridized carbons (Fsp3) is 0.0769. The highest BCUT2D eigenvalue weighted by molar-refractivity contribution is 14.1. The summed E-state index contributed by atoms with van der Waals surface area (Å²) in [6.45, 7) is 0.0225. The smallest absolute Gasteiger partial charge is 0.268 e. The predicted octanol–water partition coefficient (Wildman–Crippen LogP) is 2.96. The molecule has 1 saturated heterocycles. The third-order valence-corrected chi connectivity index (χ3v) is 3.92. The number of thioether (sulfide) groups is 1. The van der Waals surface area contributed by atoms with E-state index in [1.54, 1.807) is 6.08 Å². The zero-order chi connectivity index (χ0) is 13.1. The highest BCUT2D eigenvalue weighted by Gasteiger charge is 2.34. The summed E-state index contributed by atoms with van der Waals surface area (Å²) in [4.78, 5) is 24.9. The fourth-order valence-corrected chi connectivity index (χ4v) is 2.64. The van der Waals surface area contributed by atoms with Crippen LogP contribution in [0.4, 0.5) is 4.79 Å². The van der Waals surface area contributed by atoms with Gasteiger partial charge in [0.05, 0.1) is 11.4 Å². The van der Waals surface area contributed by atoms with Crippen LogP contribution >= 0.6 is 34.4 Å². The second-order valence-electron chi connectivity index (χ2n) is 3.52. The summed E-state index contributed by atoms with van der Waals surface area (Å²) < 4.78 is 1.12. The Balaban J connectivity index is 2.25. The summed E-state index contributed by atoms with van der Waals surface area (Å²) >= 11 is 3.13. The molecule has 0 spiro atoms. The maximum Gasteiger partial charge on any atom is 0.294 e. The first-order chi connectivity index (χ1) is 8.61. The van der Waals surface area contributed by atoms with Gasteiger partial charge in [-0.15, -0.1) is 6.42 Å². The van der Waals surface area contributed by atoms with Crippen LogP contribution in [0, 0.1) is 15.9 Å². The molecular formula is C13H8INO2S. The van der Waals surface area contributed by atoms with Crippen molar-refractivity contribution >= 4 is 51.6 Å². The second-order valence-corrected chi connectivity index (χ2v) is 5.76. The molecule has 1 heterocycles. The van der Waals surface area contributed by atoms with Gasteiger partial charge in [-0.05, 0) is 58.1 Å². The number of benzene rings is 1. The molecule has 0 aromatic heterocycles. The van der Waals surface area contributed by atoms with E-state index in [2.05, 4.69) is 28.5 Å². The third-order valence-electron chi connectivity index (χ3n) is 2.29. The highest BCUT2D eigenvalue weighted by Crippen LogP contribution is 2.31. The summed E-state index contributed by atoms with van der Waals surface area (Å²) in [7, 11) is 0. The van der Waals surface area contributed by atoms with Crippen molar-refractivity contribution in [3.05, 3.63) is 38.3 Å². The fourth-order valence-electron chi connectivity index (χ4n) is 1.44. The zero-order valence-corrected chi connectivity index (χ0v) is 12.2. The molecule has 2 amide bonds. The van der Waals surface area contributed by atoms with Crippen LogP contribution in [0.2, 0.25) is 0 Å². The van der Waals surface area contributed by atoms with Crippen molar-refractivity contribution in [3.8, 4) is 12.3 Å². The van der Waals surface area contributed by atoms with Gasteiger partial charge in [0.2, 0.25) is 0 Å². The van der Waals surface area contributed by atoms with Crippen LogP contribution in [0.5, 0.6) is 0 Å². The van der Waals surface area contributed by atoms with Gasteiger partial charge in [-0.25, -0.2) is 0 Å². The number of terminal acetylenes is 1. The van der Waals surface area contributed by atoms with E-state index in [-0.39, 0.29) is 17.7 Å². The number of imide groups is 1. The van der Waals surface area contributed by atoms with Gasteiger partial charge < -0.3 is 0 Å². The Labute approximate surface area is 123 Å². The van der Waals surface area contributed by atoms with Gasteiger partial charge in [-0.3, -0.25) is 14.5 Å². The maximum absolute atomic E-state index is 11.9. The molecular weight excluding hydrogens is 361 g/mol. The van der Waals surface area contributed by atoms with Crippen LogP contribution in [0.15, 0.2) is 29.2 Å². The van der Waals surface area contributed by atoms with Gasteiger partial charge in [0.15, 0.2) is 0 Å². The number of halogens is 1. The first-order valence-corrected chi connectivity index (χ1v) is 6.96. The van der Waals surface area contributed by atoms with E-state index in [4.69, 9.17) is 6.42 Å². The van der Waals surface area contributed by atoms with Crippen LogP contribution in [-0.4, -0.2) is 22.6 Å². The summed E-state index contributed by atoms with van der Waals surface area (Å²) in [5, 5.41) is -0.310. The number of carbonyl (C=O) groups excluding carboxylic acids is 2. The maximum atomic E-state index is 11.9. The molecule has 0 atom stereocenters. The lowest BCUT2D eigenvalue weighted by molar-refractivity contribution is -0.122. The normalized spacial score (nSPS) is 17.3. The van der Waals surface area contributed by atoms with Gasteiger partial charge in [0, 0.05) is 3.57 Å². The van der Waals surface area contributed by atoms with Crippen molar-refractivity contribution in [1.82, 2.24) is 4.90 Å². The number of rotatable bonds is 2. The van der Waals surface area contributed by atoms with Gasteiger partial charge in [0.25, 0.3) is 11.1 Å². The lowest BCUT2D eigenvalue weighted by Gasteiger charge is -2.06. The molecule has 0 N–H and O–H groups in total. The van der Waals surface area contributed by atoms with E-state index >= 15 is 0 Å². The number of hydrogen-bond donors (Lipinski definition) is 0. The molecule has 1 aliphatic heterocycles. The van der Waals surface area contributed by atoms with Crippen LogP contribution in [0.1, 0.15) is 5.56 Å². The third kappa shape index (κ3) is 2.76. The van der Waals surface area contributed by atoms with Gasteiger partial charge in [-0.1, -0.05) is 18.1 Å². The largest absolute Gasteiger partial charge is 0.294 e. The number of hydrogen-bond acceptors (Lipinski definition) is 3. The lowest BCUT2D eigenvalue weighted by Crippen LogP contribution is -2.28. The molecule has 1 aromatic rings. The minimum atomic E-state index is -0.318. The Morgan fingerprint density at radius 1 is 1.33 bits per heavy atom. The molecule has 3 nitrogen and oxygen atoms in total. The van der Waals surface area contributed by atoms with Crippen LogP contribution < -0.4 is 0 Å². The molecule has 0 aliphatic carbocycles. The van der Waals surface area contributed by atoms with Gasteiger partial charge >= 0.3 is 0 Å². The van der Waals surface area contributed by atoms with Crippen LogP contribution in [-0.2, 0) is 4.79 Å². The molecule has 1 aliphatic rings. The first-order valence-electron chi connectivity index (χ1n) is 5.06. The quantitative estimate of drug-likeness (QED) is 0.457. The van der Waals surface area contributed by atoms with Crippen LogP contribution in [0.25, 0.3) is 6.08 Å². The molecule has 5 heteroatoms. The second kappa shape index (κ2) is 5.59. The van der Waals surface area contributed by atoms with Crippen molar-refractivity contribution in [2.75, 3.05) is 6.54 Å². The van der Waals surface area contributed by atoms with E-state index in [0.717, 1.165) is 25.8 Å². The average Bonchev–Trinajstić information content (AvgIpc) is 2.60. The molecule has 0 bridgehead atoms. The Morgan fingerprint density at radius 3 is 2.61 bits per heavy atom. The summed E-state index contributed by atoms with van der Waals surface area (Å²) in [6, 6.07) is 7.68. The SMILES string of the molecule is C#CCN1C(=O)SC(=Cc2ccc(I)cc2)C1=O.